The summed E-state index contributed by atoms with van der Waals surface area (Å²) in [7, 11) is -3.89. The summed E-state index contributed by atoms with van der Waals surface area (Å²) in [5, 5.41) is 0. The number of carbonyl (C=O) groups is 1. The van der Waals surface area contributed by atoms with Gasteiger partial charge in [-0.25, -0.2) is 13.1 Å². The Morgan fingerprint density at radius 3 is 2.58 bits per heavy atom. The average molecular weight is 373 g/mol. The highest BCUT2D eigenvalue weighted by atomic mass is 32.2. The molecule has 1 aliphatic rings. The largest absolute Gasteiger partial charge is 0.491 e. The summed E-state index contributed by atoms with van der Waals surface area (Å²) >= 11 is 0. The number of benzene rings is 2. The first-order valence-corrected chi connectivity index (χ1v) is 10.2. The Kier molecular flexibility index (Phi) is 5.05. The summed E-state index contributed by atoms with van der Waals surface area (Å²) in [6.45, 7) is 5.61. The van der Waals surface area contributed by atoms with Crippen molar-refractivity contribution < 1.29 is 17.9 Å². The lowest BCUT2D eigenvalue weighted by Gasteiger charge is -2.16. The predicted molar refractivity (Wildman–Crippen MR) is 99.8 cm³/mol. The molecule has 6 heteroatoms. The first-order chi connectivity index (χ1) is 12.3. The van der Waals surface area contributed by atoms with Crippen LogP contribution in [0.5, 0.6) is 5.75 Å². The Labute approximate surface area is 154 Å². The van der Waals surface area contributed by atoms with E-state index < -0.39 is 21.8 Å². The van der Waals surface area contributed by atoms with Crippen LogP contribution in [0.15, 0.2) is 47.4 Å². The number of rotatable bonds is 5. The monoisotopic (exact) mass is 373 g/mol. The second-order valence-electron chi connectivity index (χ2n) is 6.82. The van der Waals surface area contributed by atoms with E-state index in [0.717, 1.165) is 16.9 Å². The van der Waals surface area contributed by atoms with Crippen LogP contribution in [0, 0.1) is 6.92 Å². The Morgan fingerprint density at radius 2 is 1.88 bits per heavy atom. The number of ether oxygens (including phenoxy) is 1. The molecule has 0 bridgehead atoms. The van der Waals surface area contributed by atoms with Crippen LogP contribution in [0.4, 0.5) is 0 Å². The van der Waals surface area contributed by atoms with Crippen LogP contribution in [-0.4, -0.2) is 20.4 Å². The molecule has 0 aromatic heterocycles. The van der Waals surface area contributed by atoms with Gasteiger partial charge in [0.15, 0.2) is 0 Å². The molecule has 2 aromatic carbocycles. The molecule has 0 heterocycles. The fourth-order valence-corrected chi connectivity index (χ4v) is 4.64. The number of fused-ring (bicyclic) bond motifs is 1. The summed E-state index contributed by atoms with van der Waals surface area (Å²) in [5.41, 5.74) is 2.45. The maximum atomic E-state index is 12.7. The number of amides is 1. The Morgan fingerprint density at radius 1 is 1.15 bits per heavy atom. The van der Waals surface area contributed by atoms with Crippen molar-refractivity contribution in [3.8, 4) is 5.75 Å². The molecule has 0 aliphatic heterocycles. The van der Waals surface area contributed by atoms with Crippen LogP contribution < -0.4 is 9.46 Å². The molecule has 1 aliphatic carbocycles. The smallest absolute Gasteiger partial charge is 0.264 e. The molecule has 1 atom stereocenters. The van der Waals surface area contributed by atoms with Gasteiger partial charge in [0.25, 0.3) is 10.0 Å². The van der Waals surface area contributed by atoms with Crippen molar-refractivity contribution >= 4 is 15.9 Å². The molecule has 26 heavy (non-hydrogen) atoms. The molecule has 0 saturated carbocycles. The average Bonchev–Trinajstić information content (AvgIpc) is 2.99. The van der Waals surface area contributed by atoms with E-state index in [1.807, 2.05) is 32.0 Å². The Hall–Kier alpha value is -2.34. The highest BCUT2D eigenvalue weighted by Gasteiger charge is 2.33. The summed E-state index contributed by atoms with van der Waals surface area (Å²) < 4.78 is 33.2. The van der Waals surface area contributed by atoms with E-state index in [0.29, 0.717) is 18.4 Å². The fourth-order valence-electron chi connectivity index (χ4n) is 3.37. The molecule has 2 aromatic rings. The number of sulfonamides is 1. The number of carbonyl (C=O) groups excluding carboxylic acids is 1. The number of aryl methyl sites for hydroxylation is 1. The van der Waals surface area contributed by atoms with Crippen LogP contribution in [0.25, 0.3) is 0 Å². The molecule has 1 amide bonds. The minimum Gasteiger partial charge on any atom is -0.491 e. The van der Waals surface area contributed by atoms with E-state index in [1.165, 1.54) is 6.07 Å². The van der Waals surface area contributed by atoms with Gasteiger partial charge in [0.05, 0.1) is 16.9 Å². The van der Waals surface area contributed by atoms with Gasteiger partial charge in [-0.3, -0.25) is 4.79 Å². The third kappa shape index (κ3) is 3.60. The zero-order valence-electron chi connectivity index (χ0n) is 15.2. The van der Waals surface area contributed by atoms with Crippen molar-refractivity contribution in [2.24, 2.45) is 0 Å². The molecule has 0 radical (unpaired) electrons. The molecule has 1 N–H and O–H groups in total. The normalized spacial score (nSPS) is 16.4. The topological polar surface area (TPSA) is 72.5 Å². The lowest BCUT2D eigenvalue weighted by Crippen LogP contribution is -2.34. The zero-order valence-corrected chi connectivity index (χ0v) is 16.0. The number of nitrogens with one attached hydrogen (secondary N) is 1. The van der Waals surface area contributed by atoms with Crippen molar-refractivity contribution in [1.29, 1.82) is 0 Å². The van der Waals surface area contributed by atoms with Crippen LogP contribution in [0.1, 0.15) is 42.9 Å². The number of hydrogen-bond acceptors (Lipinski definition) is 4. The SMILES string of the molecule is Cc1ccccc1S(=O)(=O)NC(=O)C1CCc2c(OC(C)C)cccc21. The maximum absolute atomic E-state index is 12.7. The van der Waals surface area contributed by atoms with E-state index in [-0.39, 0.29) is 11.0 Å². The van der Waals surface area contributed by atoms with E-state index >= 15 is 0 Å². The Bertz CT molecular complexity index is 935. The van der Waals surface area contributed by atoms with Gasteiger partial charge in [0, 0.05) is 0 Å². The molecule has 0 fully saturated rings. The van der Waals surface area contributed by atoms with E-state index in [9.17, 15) is 13.2 Å². The van der Waals surface area contributed by atoms with Crippen molar-refractivity contribution in [3.63, 3.8) is 0 Å². The molecular formula is C20H23NO4S. The molecule has 138 valence electrons. The van der Waals surface area contributed by atoms with E-state index in [1.54, 1.807) is 25.1 Å². The van der Waals surface area contributed by atoms with E-state index in [4.69, 9.17) is 4.74 Å². The Balaban J connectivity index is 1.85. The number of hydrogen-bond donors (Lipinski definition) is 1. The van der Waals surface area contributed by atoms with Crippen molar-refractivity contribution in [1.82, 2.24) is 4.72 Å². The molecule has 0 spiro atoms. The third-order valence-electron chi connectivity index (χ3n) is 4.52. The molecule has 3 rings (SSSR count). The van der Waals surface area contributed by atoms with Crippen LogP contribution in [0.3, 0.4) is 0 Å². The lowest BCUT2D eigenvalue weighted by molar-refractivity contribution is -0.120. The highest BCUT2D eigenvalue weighted by molar-refractivity contribution is 7.90. The van der Waals surface area contributed by atoms with Crippen molar-refractivity contribution in [2.45, 2.75) is 50.5 Å². The predicted octanol–water partition coefficient (Wildman–Crippen LogP) is 3.32. The minimum atomic E-state index is -3.89. The first kappa shape index (κ1) is 18.5. The van der Waals surface area contributed by atoms with Crippen LogP contribution in [0.2, 0.25) is 0 Å². The van der Waals surface area contributed by atoms with E-state index in [2.05, 4.69) is 4.72 Å². The first-order valence-electron chi connectivity index (χ1n) is 8.70. The second kappa shape index (κ2) is 7.11. The van der Waals surface area contributed by atoms with Gasteiger partial charge >= 0.3 is 0 Å². The van der Waals surface area contributed by atoms with Crippen LogP contribution >= 0.6 is 0 Å². The molecule has 1 unspecified atom stereocenters. The molecule has 0 saturated heterocycles. The van der Waals surface area contributed by atoms with Crippen LogP contribution in [-0.2, 0) is 21.2 Å². The summed E-state index contributed by atoms with van der Waals surface area (Å²) in [6, 6.07) is 12.2. The van der Waals surface area contributed by atoms with Gasteiger partial charge in [0.1, 0.15) is 5.75 Å². The van der Waals surface area contributed by atoms with Gasteiger partial charge < -0.3 is 4.74 Å². The third-order valence-corrected chi connectivity index (χ3v) is 6.03. The second-order valence-corrected chi connectivity index (χ2v) is 8.47. The summed E-state index contributed by atoms with van der Waals surface area (Å²) in [5.74, 6) is -0.206. The van der Waals surface area contributed by atoms with Gasteiger partial charge in [-0.05, 0) is 62.4 Å². The van der Waals surface area contributed by atoms with Gasteiger partial charge in [-0.2, -0.15) is 0 Å². The zero-order chi connectivity index (χ0) is 18.9. The lowest BCUT2D eigenvalue weighted by atomic mass is 10.0. The standard InChI is InChI=1S/C20H23NO4S/c1-13(2)25-18-9-6-8-15-16(18)11-12-17(15)20(22)21-26(23,24)19-10-5-4-7-14(19)3/h4-10,13,17H,11-12H2,1-3H3,(H,21,22). The maximum Gasteiger partial charge on any atom is 0.264 e. The van der Waals surface area contributed by atoms with Crippen molar-refractivity contribution in [2.75, 3.05) is 0 Å². The van der Waals surface area contributed by atoms with Crippen molar-refractivity contribution in [3.05, 3.63) is 59.2 Å². The highest BCUT2D eigenvalue weighted by Crippen LogP contribution is 2.39. The summed E-state index contributed by atoms with van der Waals surface area (Å²) in [6.07, 6.45) is 1.31. The minimum absolute atomic E-state index is 0.0378. The van der Waals surface area contributed by atoms with Gasteiger partial charge in [0.2, 0.25) is 5.91 Å². The van der Waals surface area contributed by atoms with Gasteiger partial charge in [-0.1, -0.05) is 30.3 Å². The van der Waals surface area contributed by atoms with Gasteiger partial charge in [-0.15, -0.1) is 0 Å². The molecular weight excluding hydrogens is 350 g/mol. The summed E-state index contributed by atoms with van der Waals surface area (Å²) in [4.78, 5) is 12.8. The quantitative estimate of drug-likeness (QED) is 0.873. The molecule has 5 nitrogen and oxygen atoms in total. The fraction of sp³-hybridized carbons (Fsp3) is 0.350.